The van der Waals surface area contributed by atoms with Crippen molar-refractivity contribution in [1.29, 1.82) is 0 Å². The first kappa shape index (κ1) is 23.0. The third kappa shape index (κ3) is 11.3. The number of ether oxygens (including phenoxy) is 1. The summed E-state index contributed by atoms with van der Waals surface area (Å²) >= 11 is 1.75. The number of hydrogen-bond donors (Lipinski definition) is 2. The zero-order valence-corrected chi connectivity index (χ0v) is 17.0. The highest BCUT2D eigenvalue weighted by atomic mass is 32.2. The second-order valence-corrected chi connectivity index (χ2v) is 7.39. The van der Waals surface area contributed by atoms with Gasteiger partial charge in [-0.1, -0.05) is 18.2 Å². The van der Waals surface area contributed by atoms with Crippen LogP contribution in [0.25, 0.3) is 0 Å². The van der Waals surface area contributed by atoms with Gasteiger partial charge < -0.3 is 15.4 Å². The summed E-state index contributed by atoms with van der Waals surface area (Å²) < 4.78 is 4.87. The van der Waals surface area contributed by atoms with Crippen molar-refractivity contribution in [3.63, 3.8) is 0 Å². The summed E-state index contributed by atoms with van der Waals surface area (Å²) in [6.07, 6.45) is 2.51. The van der Waals surface area contributed by atoms with Crippen molar-refractivity contribution in [1.82, 2.24) is 10.6 Å². The molecule has 1 rings (SSSR count). The lowest BCUT2D eigenvalue weighted by atomic mass is 10.1. The fourth-order valence-corrected chi connectivity index (χ4v) is 3.23. The standard InChI is InChI=1S/C20H30N2O4S/c1-3-26-19(24)11-7-8-13-27-14-12-21-18(23)15-16(2)22-20(25)17-9-5-4-6-10-17/h4-6,9-10,16H,3,7-8,11-15H2,1-2H3,(H,21,23)(H,22,25). The molecular weight excluding hydrogens is 364 g/mol. The fourth-order valence-electron chi connectivity index (χ4n) is 2.37. The molecule has 0 aliphatic rings. The van der Waals surface area contributed by atoms with Crippen molar-refractivity contribution >= 4 is 29.5 Å². The van der Waals surface area contributed by atoms with Crippen molar-refractivity contribution in [2.75, 3.05) is 24.7 Å². The van der Waals surface area contributed by atoms with Gasteiger partial charge in [0.25, 0.3) is 5.91 Å². The van der Waals surface area contributed by atoms with Crippen LogP contribution in [0.3, 0.4) is 0 Å². The molecule has 6 nitrogen and oxygen atoms in total. The van der Waals surface area contributed by atoms with Crippen LogP contribution in [-0.4, -0.2) is 48.5 Å². The van der Waals surface area contributed by atoms with Crippen molar-refractivity contribution in [3.8, 4) is 0 Å². The van der Waals surface area contributed by atoms with Gasteiger partial charge in [0.15, 0.2) is 0 Å². The van der Waals surface area contributed by atoms with Gasteiger partial charge in [0.05, 0.1) is 6.61 Å². The number of carbonyl (C=O) groups is 3. The number of hydrogen-bond acceptors (Lipinski definition) is 5. The first-order valence-electron chi connectivity index (χ1n) is 9.39. The predicted molar refractivity (Wildman–Crippen MR) is 109 cm³/mol. The molecule has 1 aromatic rings. The van der Waals surface area contributed by atoms with Gasteiger partial charge >= 0.3 is 5.97 Å². The van der Waals surface area contributed by atoms with Gasteiger partial charge in [-0.05, 0) is 44.6 Å². The molecule has 0 aliphatic heterocycles. The first-order valence-corrected chi connectivity index (χ1v) is 10.5. The van der Waals surface area contributed by atoms with E-state index in [2.05, 4.69) is 10.6 Å². The summed E-state index contributed by atoms with van der Waals surface area (Å²) in [5, 5.41) is 5.69. The van der Waals surface area contributed by atoms with Crippen LogP contribution in [0.2, 0.25) is 0 Å². The van der Waals surface area contributed by atoms with Crippen LogP contribution in [0.1, 0.15) is 49.9 Å². The summed E-state index contributed by atoms with van der Waals surface area (Å²) in [4.78, 5) is 35.1. The number of esters is 1. The molecule has 0 saturated heterocycles. The van der Waals surface area contributed by atoms with Gasteiger partial charge in [0, 0.05) is 36.7 Å². The Morgan fingerprint density at radius 2 is 1.85 bits per heavy atom. The number of nitrogens with one attached hydrogen (secondary N) is 2. The van der Waals surface area contributed by atoms with E-state index in [1.165, 1.54) is 0 Å². The Morgan fingerprint density at radius 1 is 1.11 bits per heavy atom. The molecule has 0 aromatic heterocycles. The molecule has 1 aromatic carbocycles. The van der Waals surface area contributed by atoms with E-state index in [0.717, 1.165) is 24.3 Å². The van der Waals surface area contributed by atoms with Crippen LogP contribution in [0.5, 0.6) is 0 Å². The maximum Gasteiger partial charge on any atom is 0.305 e. The molecule has 2 amide bonds. The molecule has 0 aliphatic carbocycles. The lowest BCUT2D eigenvalue weighted by molar-refractivity contribution is -0.143. The molecule has 0 heterocycles. The van der Waals surface area contributed by atoms with Gasteiger partial charge in [-0.25, -0.2) is 0 Å². The number of carbonyl (C=O) groups excluding carboxylic acids is 3. The van der Waals surface area contributed by atoms with E-state index in [1.807, 2.05) is 13.0 Å². The van der Waals surface area contributed by atoms with Crippen LogP contribution in [0.4, 0.5) is 0 Å². The second-order valence-electron chi connectivity index (χ2n) is 6.17. The van der Waals surface area contributed by atoms with E-state index in [9.17, 15) is 14.4 Å². The highest BCUT2D eigenvalue weighted by Gasteiger charge is 2.12. The van der Waals surface area contributed by atoms with Gasteiger partial charge in [0.1, 0.15) is 0 Å². The maximum absolute atomic E-state index is 12.0. The predicted octanol–water partition coefficient (Wildman–Crippen LogP) is 2.78. The SMILES string of the molecule is CCOC(=O)CCCCSCCNC(=O)CC(C)NC(=O)c1ccccc1. The average molecular weight is 395 g/mol. The second kappa shape index (κ2) is 14.1. The van der Waals surface area contributed by atoms with Crippen LogP contribution in [0, 0.1) is 0 Å². The summed E-state index contributed by atoms with van der Waals surface area (Å²) in [5.41, 5.74) is 0.587. The Labute approximate surface area is 165 Å². The third-order valence-electron chi connectivity index (χ3n) is 3.70. The largest absolute Gasteiger partial charge is 0.466 e. The monoisotopic (exact) mass is 394 g/mol. The minimum absolute atomic E-state index is 0.0706. The summed E-state index contributed by atoms with van der Waals surface area (Å²) in [6.45, 7) is 4.65. The number of unbranched alkanes of at least 4 members (excludes halogenated alkanes) is 1. The lowest BCUT2D eigenvalue weighted by Crippen LogP contribution is -2.37. The van der Waals surface area contributed by atoms with E-state index in [0.29, 0.717) is 25.1 Å². The first-order chi connectivity index (χ1) is 13.0. The Balaban J connectivity index is 2.03. The Morgan fingerprint density at radius 3 is 2.56 bits per heavy atom. The molecule has 0 spiro atoms. The summed E-state index contributed by atoms with van der Waals surface area (Å²) in [5.74, 6) is 1.41. The van der Waals surface area contributed by atoms with Crippen molar-refractivity contribution in [2.24, 2.45) is 0 Å². The molecule has 0 fully saturated rings. The zero-order valence-electron chi connectivity index (χ0n) is 16.2. The maximum atomic E-state index is 12.0. The molecule has 2 N–H and O–H groups in total. The Bertz CT molecular complexity index is 581. The highest BCUT2D eigenvalue weighted by Crippen LogP contribution is 2.06. The molecule has 0 bridgehead atoms. The third-order valence-corrected chi connectivity index (χ3v) is 4.77. The quantitative estimate of drug-likeness (QED) is 0.397. The lowest BCUT2D eigenvalue weighted by Gasteiger charge is -2.14. The van der Waals surface area contributed by atoms with Crippen molar-refractivity contribution in [2.45, 2.75) is 45.6 Å². The highest BCUT2D eigenvalue weighted by molar-refractivity contribution is 7.99. The average Bonchev–Trinajstić information content (AvgIpc) is 2.64. The van der Waals surface area contributed by atoms with Crippen LogP contribution in [-0.2, 0) is 14.3 Å². The normalized spacial score (nSPS) is 11.5. The number of benzene rings is 1. The summed E-state index contributed by atoms with van der Waals surface area (Å²) in [7, 11) is 0. The van der Waals surface area contributed by atoms with E-state index in [4.69, 9.17) is 4.74 Å². The molecule has 27 heavy (non-hydrogen) atoms. The Hall–Kier alpha value is -2.02. The van der Waals surface area contributed by atoms with Crippen LogP contribution >= 0.6 is 11.8 Å². The Kier molecular flexibility index (Phi) is 12.0. The summed E-state index contributed by atoms with van der Waals surface area (Å²) in [6, 6.07) is 8.72. The van der Waals surface area contributed by atoms with E-state index in [-0.39, 0.29) is 30.2 Å². The smallest absolute Gasteiger partial charge is 0.305 e. The van der Waals surface area contributed by atoms with Crippen molar-refractivity contribution < 1.29 is 19.1 Å². The van der Waals surface area contributed by atoms with Gasteiger partial charge in [0.2, 0.25) is 5.91 Å². The van der Waals surface area contributed by atoms with E-state index in [1.54, 1.807) is 43.0 Å². The van der Waals surface area contributed by atoms with Crippen LogP contribution in [0.15, 0.2) is 30.3 Å². The van der Waals surface area contributed by atoms with Crippen molar-refractivity contribution in [3.05, 3.63) is 35.9 Å². The number of thioether (sulfide) groups is 1. The minimum Gasteiger partial charge on any atom is -0.466 e. The minimum atomic E-state index is -0.228. The molecule has 0 saturated carbocycles. The molecule has 7 heteroatoms. The number of rotatable bonds is 13. The van der Waals surface area contributed by atoms with E-state index < -0.39 is 0 Å². The topological polar surface area (TPSA) is 84.5 Å². The molecule has 1 unspecified atom stereocenters. The van der Waals surface area contributed by atoms with Crippen LogP contribution < -0.4 is 10.6 Å². The van der Waals surface area contributed by atoms with Gasteiger partial charge in [-0.15, -0.1) is 0 Å². The zero-order chi connectivity index (χ0) is 19.9. The van der Waals surface area contributed by atoms with Gasteiger partial charge in [-0.2, -0.15) is 11.8 Å². The van der Waals surface area contributed by atoms with Gasteiger partial charge in [-0.3, -0.25) is 14.4 Å². The molecular formula is C20H30N2O4S. The van der Waals surface area contributed by atoms with E-state index >= 15 is 0 Å². The molecule has 150 valence electrons. The fraction of sp³-hybridized carbons (Fsp3) is 0.550. The number of amides is 2. The molecule has 0 radical (unpaired) electrons. The molecule has 1 atom stereocenters.